The molecule has 2 rings (SSSR count). The third kappa shape index (κ3) is 3.70. The van der Waals surface area contributed by atoms with Crippen LogP contribution in [0, 0.1) is 0 Å². The molecule has 0 saturated heterocycles. The molecule has 0 aromatic carbocycles. The average molecular weight is 263 g/mol. The number of thiophene rings is 1. The van der Waals surface area contributed by atoms with Gasteiger partial charge in [0.1, 0.15) is 0 Å². The molecule has 18 heavy (non-hydrogen) atoms. The molecule has 0 spiro atoms. The van der Waals surface area contributed by atoms with Gasteiger partial charge >= 0.3 is 0 Å². The van der Waals surface area contributed by atoms with Crippen molar-refractivity contribution in [3.8, 4) is 0 Å². The van der Waals surface area contributed by atoms with Crippen molar-refractivity contribution in [3.63, 3.8) is 0 Å². The van der Waals surface area contributed by atoms with Gasteiger partial charge in [-0.2, -0.15) is 0 Å². The van der Waals surface area contributed by atoms with Crippen LogP contribution in [0.4, 0.5) is 0 Å². The van der Waals surface area contributed by atoms with Crippen molar-refractivity contribution in [2.45, 2.75) is 32.4 Å². The topological polar surface area (TPSA) is 46.9 Å². The van der Waals surface area contributed by atoms with Crippen molar-refractivity contribution in [2.75, 3.05) is 0 Å². The van der Waals surface area contributed by atoms with E-state index < -0.39 is 0 Å². The quantitative estimate of drug-likeness (QED) is 0.867. The number of hydrogen-bond acceptors (Lipinski definition) is 3. The zero-order chi connectivity index (χ0) is 12.8. The van der Waals surface area contributed by atoms with Gasteiger partial charge in [-0.3, -0.25) is 4.79 Å². The van der Waals surface area contributed by atoms with E-state index in [9.17, 15) is 4.79 Å². The van der Waals surface area contributed by atoms with Gasteiger partial charge in [-0.05, 0) is 17.9 Å². The van der Waals surface area contributed by atoms with Crippen LogP contribution in [-0.4, -0.2) is 21.5 Å². The number of carbonyl (C=O) groups excluding carboxylic acids is 1. The maximum absolute atomic E-state index is 11.9. The largest absolute Gasteiger partial charge is 0.351 e. The van der Waals surface area contributed by atoms with Gasteiger partial charge in [0.05, 0.1) is 12.7 Å². The predicted molar refractivity (Wildman–Crippen MR) is 72.5 cm³/mol. The van der Waals surface area contributed by atoms with Crippen LogP contribution in [0.1, 0.15) is 18.2 Å². The number of imidazole rings is 1. The van der Waals surface area contributed by atoms with Crippen molar-refractivity contribution in [3.05, 3.63) is 41.1 Å². The lowest BCUT2D eigenvalue weighted by Crippen LogP contribution is -2.38. The van der Waals surface area contributed by atoms with Crippen LogP contribution in [-0.2, 0) is 17.8 Å². The second kappa shape index (κ2) is 6.35. The summed E-state index contributed by atoms with van der Waals surface area (Å²) in [7, 11) is 0. The second-order valence-corrected chi connectivity index (χ2v) is 5.22. The Hall–Kier alpha value is -1.62. The van der Waals surface area contributed by atoms with Crippen molar-refractivity contribution < 1.29 is 4.79 Å². The minimum atomic E-state index is 0.0874. The Morgan fingerprint density at radius 2 is 2.50 bits per heavy atom. The van der Waals surface area contributed by atoms with Gasteiger partial charge in [0.15, 0.2) is 0 Å². The monoisotopic (exact) mass is 263 g/mol. The molecule has 2 aromatic heterocycles. The third-order valence-electron chi connectivity index (χ3n) is 2.76. The first-order valence-electron chi connectivity index (χ1n) is 6.05. The molecule has 0 aliphatic heterocycles. The summed E-state index contributed by atoms with van der Waals surface area (Å²) in [5, 5.41) is 5.05. The first-order chi connectivity index (χ1) is 8.78. The fraction of sp³-hybridized carbons (Fsp3) is 0.385. The number of carbonyl (C=O) groups is 1. The van der Waals surface area contributed by atoms with E-state index in [0.717, 1.165) is 17.8 Å². The highest BCUT2D eigenvalue weighted by Gasteiger charge is 2.11. The number of amides is 1. The minimum Gasteiger partial charge on any atom is -0.351 e. The summed E-state index contributed by atoms with van der Waals surface area (Å²) in [6.45, 7) is 2.85. The first-order valence-corrected chi connectivity index (χ1v) is 6.93. The molecule has 0 aliphatic rings. The van der Waals surface area contributed by atoms with E-state index in [0.29, 0.717) is 6.42 Å². The molecule has 1 N–H and O–H groups in total. The van der Waals surface area contributed by atoms with Gasteiger partial charge in [0.25, 0.3) is 0 Å². The van der Waals surface area contributed by atoms with Gasteiger partial charge in [0, 0.05) is 29.9 Å². The SMILES string of the molecule is CCC(Cn1ccnc1)NC(=O)Cc1cccs1. The lowest BCUT2D eigenvalue weighted by molar-refractivity contribution is -0.121. The summed E-state index contributed by atoms with van der Waals surface area (Å²) in [4.78, 5) is 17.0. The van der Waals surface area contributed by atoms with Crippen molar-refractivity contribution >= 4 is 17.2 Å². The van der Waals surface area contributed by atoms with Gasteiger partial charge in [-0.15, -0.1) is 11.3 Å². The van der Waals surface area contributed by atoms with Crippen LogP contribution >= 0.6 is 11.3 Å². The highest BCUT2D eigenvalue weighted by atomic mass is 32.1. The van der Waals surface area contributed by atoms with Crippen LogP contribution in [0.3, 0.4) is 0 Å². The normalized spacial score (nSPS) is 12.3. The van der Waals surface area contributed by atoms with E-state index in [2.05, 4.69) is 17.2 Å². The smallest absolute Gasteiger partial charge is 0.225 e. The molecule has 2 heterocycles. The molecule has 0 radical (unpaired) electrons. The van der Waals surface area contributed by atoms with Gasteiger partial charge in [-0.25, -0.2) is 4.98 Å². The fourth-order valence-electron chi connectivity index (χ4n) is 1.78. The standard InChI is InChI=1S/C13H17N3OS/c1-2-11(9-16-6-5-14-10-16)15-13(17)8-12-4-3-7-18-12/h3-7,10-11H,2,8-9H2,1H3,(H,15,17). The Balaban J connectivity index is 1.84. The zero-order valence-corrected chi connectivity index (χ0v) is 11.2. The Labute approximate surface area is 111 Å². The predicted octanol–water partition coefficient (Wildman–Crippen LogP) is 2.08. The highest BCUT2D eigenvalue weighted by molar-refractivity contribution is 7.10. The van der Waals surface area contributed by atoms with Crippen LogP contribution in [0.15, 0.2) is 36.2 Å². The summed E-state index contributed by atoms with van der Waals surface area (Å²) in [5.74, 6) is 0.0874. The fourth-order valence-corrected chi connectivity index (χ4v) is 2.48. The van der Waals surface area contributed by atoms with Crippen LogP contribution in [0.2, 0.25) is 0 Å². The molecule has 1 amide bonds. The summed E-state index contributed by atoms with van der Waals surface area (Å²) in [5.41, 5.74) is 0. The van der Waals surface area contributed by atoms with Crippen molar-refractivity contribution in [1.82, 2.24) is 14.9 Å². The zero-order valence-electron chi connectivity index (χ0n) is 10.4. The lowest BCUT2D eigenvalue weighted by Gasteiger charge is -2.17. The van der Waals surface area contributed by atoms with E-state index in [-0.39, 0.29) is 11.9 Å². The Morgan fingerprint density at radius 3 is 3.11 bits per heavy atom. The molecular weight excluding hydrogens is 246 g/mol. The third-order valence-corrected chi connectivity index (χ3v) is 3.64. The summed E-state index contributed by atoms with van der Waals surface area (Å²) in [6.07, 6.45) is 6.81. The minimum absolute atomic E-state index is 0.0874. The van der Waals surface area contributed by atoms with Crippen molar-refractivity contribution in [1.29, 1.82) is 0 Å². The van der Waals surface area contributed by atoms with E-state index in [1.54, 1.807) is 23.9 Å². The summed E-state index contributed by atoms with van der Waals surface area (Å²) >= 11 is 1.62. The molecule has 0 aliphatic carbocycles. The van der Waals surface area contributed by atoms with E-state index in [4.69, 9.17) is 0 Å². The van der Waals surface area contributed by atoms with Crippen LogP contribution < -0.4 is 5.32 Å². The molecule has 2 aromatic rings. The Morgan fingerprint density at radius 1 is 1.61 bits per heavy atom. The Kier molecular flexibility index (Phi) is 4.52. The average Bonchev–Trinajstić information content (AvgIpc) is 3.01. The molecule has 96 valence electrons. The first kappa shape index (κ1) is 12.8. The molecular formula is C13H17N3OS. The van der Waals surface area contributed by atoms with Crippen LogP contribution in [0.5, 0.6) is 0 Å². The van der Waals surface area contributed by atoms with Crippen molar-refractivity contribution in [2.24, 2.45) is 0 Å². The molecule has 0 bridgehead atoms. The van der Waals surface area contributed by atoms with Gasteiger partial charge in [-0.1, -0.05) is 13.0 Å². The summed E-state index contributed by atoms with van der Waals surface area (Å²) in [6, 6.07) is 4.11. The molecule has 5 heteroatoms. The number of hydrogen-bond donors (Lipinski definition) is 1. The number of rotatable bonds is 6. The van der Waals surface area contributed by atoms with E-state index >= 15 is 0 Å². The molecule has 0 fully saturated rings. The Bertz CT molecular complexity index is 464. The maximum atomic E-state index is 11.9. The second-order valence-electron chi connectivity index (χ2n) is 4.19. The van der Waals surface area contributed by atoms with E-state index in [1.807, 2.05) is 28.3 Å². The highest BCUT2D eigenvalue weighted by Crippen LogP contribution is 2.09. The molecule has 0 saturated carbocycles. The van der Waals surface area contributed by atoms with E-state index in [1.165, 1.54) is 0 Å². The van der Waals surface area contributed by atoms with Gasteiger partial charge in [0.2, 0.25) is 5.91 Å². The number of nitrogens with zero attached hydrogens (tertiary/aromatic N) is 2. The number of nitrogens with one attached hydrogen (secondary N) is 1. The lowest BCUT2D eigenvalue weighted by atomic mass is 10.2. The summed E-state index contributed by atoms with van der Waals surface area (Å²) < 4.78 is 1.99. The molecule has 4 nitrogen and oxygen atoms in total. The maximum Gasteiger partial charge on any atom is 0.225 e. The van der Waals surface area contributed by atoms with Gasteiger partial charge < -0.3 is 9.88 Å². The number of aromatic nitrogens is 2. The van der Waals surface area contributed by atoms with Crippen LogP contribution in [0.25, 0.3) is 0 Å². The molecule has 1 atom stereocenters. The molecule has 1 unspecified atom stereocenters.